The fraction of sp³-hybridized carbons (Fsp3) is 0.733. The zero-order valence-electron chi connectivity index (χ0n) is 13.6. The van der Waals surface area contributed by atoms with Crippen molar-refractivity contribution in [2.45, 2.75) is 46.0 Å². The molecule has 120 valence electrons. The highest BCUT2D eigenvalue weighted by atomic mass is 16.5. The van der Waals surface area contributed by atoms with Gasteiger partial charge in [0.05, 0.1) is 6.61 Å². The third-order valence-electron chi connectivity index (χ3n) is 3.04. The molecule has 0 spiro atoms. The Morgan fingerprint density at radius 3 is 2.57 bits per heavy atom. The van der Waals surface area contributed by atoms with Gasteiger partial charge in [0, 0.05) is 19.6 Å². The average molecular weight is 296 g/mol. The molecule has 0 aliphatic carbocycles. The highest BCUT2D eigenvalue weighted by Gasteiger charge is 2.14. The molecule has 6 heteroatoms. The van der Waals surface area contributed by atoms with E-state index in [0.29, 0.717) is 30.6 Å². The van der Waals surface area contributed by atoms with E-state index in [2.05, 4.69) is 22.2 Å². The topological polar surface area (TPSA) is 82.3 Å². The summed E-state index contributed by atoms with van der Waals surface area (Å²) in [4.78, 5) is 8.89. The third kappa shape index (κ3) is 5.75. The van der Waals surface area contributed by atoms with Gasteiger partial charge in [-0.05, 0) is 6.42 Å². The van der Waals surface area contributed by atoms with Crippen molar-refractivity contribution in [1.82, 2.24) is 9.97 Å². The van der Waals surface area contributed by atoms with Crippen molar-refractivity contribution >= 4 is 11.5 Å². The predicted molar refractivity (Wildman–Crippen MR) is 85.9 cm³/mol. The number of anilines is 2. The van der Waals surface area contributed by atoms with Gasteiger partial charge in [0.2, 0.25) is 5.88 Å². The summed E-state index contributed by atoms with van der Waals surface area (Å²) in [5, 5.41) is 3.29. The van der Waals surface area contributed by atoms with E-state index in [1.807, 2.05) is 13.8 Å². The molecule has 1 aromatic heterocycles. The Hall–Kier alpha value is -1.56. The molecule has 0 bridgehead atoms. The molecule has 0 saturated carbocycles. The van der Waals surface area contributed by atoms with Crippen molar-refractivity contribution in [3.8, 4) is 5.88 Å². The van der Waals surface area contributed by atoms with Crippen LogP contribution in [-0.2, 0) is 4.74 Å². The zero-order valence-corrected chi connectivity index (χ0v) is 13.6. The SMILES string of the molecule is CCCCCNc1nc(C(C)C)nc(OCCOC)c1N. The molecule has 0 saturated heterocycles. The Morgan fingerprint density at radius 1 is 1.19 bits per heavy atom. The van der Waals surface area contributed by atoms with Crippen molar-refractivity contribution in [3.05, 3.63) is 5.82 Å². The van der Waals surface area contributed by atoms with Crippen LogP contribution in [0.15, 0.2) is 0 Å². The zero-order chi connectivity index (χ0) is 15.7. The monoisotopic (exact) mass is 296 g/mol. The number of hydrogen-bond donors (Lipinski definition) is 2. The fourth-order valence-electron chi connectivity index (χ4n) is 1.77. The number of nitrogens with two attached hydrogens (primary N) is 1. The first kappa shape index (κ1) is 17.5. The van der Waals surface area contributed by atoms with E-state index in [0.717, 1.165) is 18.8 Å². The highest BCUT2D eigenvalue weighted by Crippen LogP contribution is 2.28. The Balaban J connectivity index is 2.83. The van der Waals surface area contributed by atoms with Gasteiger partial charge in [-0.25, -0.2) is 4.98 Å². The summed E-state index contributed by atoms with van der Waals surface area (Å²) in [6.07, 6.45) is 3.46. The lowest BCUT2D eigenvalue weighted by Gasteiger charge is -2.15. The second-order valence-corrected chi connectivity index (χ2v) is 5.28. The van der Waals surface area contributed by atoms with Crippen LogP contribution in [-0.4, -0.2) is 36.8 Å². The molecule has 0 amide bonds. The maximum atomic E-state index is 6.10. The van der Waals surface area contributed by atoms with Crippen LogP contribution in [0, 0.1) is 0 Å². The molecular weight excluding hydrogens is 268 g/mol. The van der Waals surface area contributed by atoms with Crippen LogP contribution in [0.1, 0.15) is 51.8 Å². The standard InChI is InChI=1S/C15H28N4O2/c1-5-6-7-8-17-14-12(16)15(21-10-9-20-4)19-13(18-14)11(2)3/h11H,5-10,16H2,1-4H3,(H,17,18,19). The summed E-state index contributed by atoms with van der Waals surface area (Å²) in [7, 11) is 1.63. The third-order valence-corrected chi connectivity index (χ3v) is 3.04. The molecular formula is C15H28N4O2. The smallest absolute Gasteiger partial charge is 0.242 e. The summed E-state index contributed by atoms with van der Waals surface area (Å²) in [5.74, 6) is 2.04. The molecule has 0 radical (unpaired) electrons. The largest absolute Gasteiger partial charge is 0.474 e. The summed E-state index contributed by atoms with van der Waals surface area (Å²) in [5.41, 5.74) is 6.56. The van der Waals surface area contributed by atoms with Gasteiger partial charge in [-0.1, -0.05) is 33.6 Å². The Kier molecular flexibility index (Phi) is 7.82. The molecule has 0 aliphatic heterocycles. The van der Waals surface area contributed by atoms with Crippen molar-refractivity contribution in [3.63, 3.8) is 0 Å². The number of ether oxygens (including phenoxy) is 2. The summed E-state index contributed by atoms with van der Waals surface area (Å²) < 4.78 is 10.6. The number of rotatable bonds is 10. The molecule has 0 aliphatic rings. The number of nitrogens with one attached hydrogen (secondary N) is 1. The Bertz CT molecular complexity index is 424. The van der Waals surface area contributed by atoms with Gasteiger partial charge in [0.15, 0.2) is 5.82 Å². The minimum Gasteiger partial charge on any atom is -0.474 e. The van der Waals surface area contributed by atoms with Gasteiger partial charge in [0.1, 0.15) is 18.1 Å². The lowest BCUT2D eigenvalue weighted by molar-refractivity contribution is 0.144. The number of nitrogen functional groups attached to an aromatic ring is 1. The van der Waals surface area contributed by atoms with Gasteiger partial charge in [0.25, 0.3) is 0 Å². The fourth-order valence-corrected chi connectivity index (χ4v) is 1.77. The molecule has 1 heterocycles. The van der Waals surface area contributed by atoms with E-state index in [1.54, 1.807) is 7.11 Å². The maximum absolute atomic E-state index is 6.10. The molecule has 0 unspecified atom stereocenters. The van der Waals surface area contributed by atoms with Gasteiger partial charge < -0.3 is 20.5 Å². The Morgan fingerprint density at radius 2 is 1.95 bits per heavy atom. The molecule has 1 aromatic rings. The molecule has 0 aromatic carbocycles. The highest BCUT2D eigenvalue weighted by molar-refractivity contribution is 5.67. The predicted octanol–water partition coefficient (Wildman–Crippen LogP) is 2.81. The van der Waals surface area contributed by atoms with E-state index >= 15 is 0 Å². The minimum atomic E-state index is 0.214. The summed E-state index contributed by atoms with van der Waals surface area (Å²) >= 11 is 0. The van der Waals surface area contributed by atoms with Crippen LogP contribution in [0.5, 0.6) is 5.88 Å². The van der Waals surface area contributed by atoms with Gasteiger partial charge in [-0.15, -0.1) is 0 Å². The second kappa shape index (κ2) is 9.39. The molecule has 1 rings (SSSR count). The van der Waals surface area contributed by atoms with Crippen molar-refractivity contribution in [2.24, 2.45) is 0 Å². The van der Waals surface area contributed by atoms with Crippen molar-refractivity contribution in [1.29, 1.82) is 0 Å². The van der Waals surface area contributed by atoms with E-state index in [4.69, 9.17) is 15.2 Å². The maximum Gasteiger partial charge on any atom is 0.242 e. The van der Waals surface area contributed by atoms with Gasteiger partial charge >= 0.3 is 0 Å². The van der Waals surface area contributed by atoms with E-state index in [-0.39, 0.29) is 5.92 Å². The van der Waals surface area contributed by atoms with Crippen LogP contribution in [0.3, 0.4) is 0 Å². The Labute approximate surface area is 127 Å². The summed E-state index contributed by atoms with van der Waals surface area (Å²) in [6, 6.07) is 0. The van der Waals surface area contributed by atoms with E-state index < -0.39 is 0 Å². The van der Waals surface area contributed by atoms with Crippen LogP contribution in [0.4, 0.5) is 11.5 Å². The quantitative estimate of drug-likeness (QED) is 0.646. The van der Waals surface area contributed by atoms with Crippen LogP contribution >= 0.6 is 0 Å². The van der Waals surface area contributed by atoms with Gasteiger partial charge in [-0.3, -0.25) is 0 Å². The normalized spacial score (nSPS) is 10.9. The lowest BCUT2D eigenvalue weighted by atomic mass is 10.2. The first-order valence-electron chi connectivity index (χ1n) is 7.63. The number of aromatic nitrogens is 2. The van der Waals surface area contributed by atoms with E-state index in [9.17, 15) is 0 Å². The first-order valence-corrected chi connectivity index (χ1v) is 7.63. The number of hydrogen-bond acceptors (Lipinski definition) is 6. The first-order chi connectivity index (χ1) is 10.1. The molecule has 6 nitrogen and oxygen atoms in total. The van der Waals surface area contributed by atoms with Gasteiger partial charge in [-0.2, -0.15) is 4.98 Å². The minimum absolute atomic E-state index is 0.214. The number of nitrogens with zero attached hydrogens (tertiary/aromatic N) is 2. The molecule has 0 atom stereocenters. The number of unbranched alkanes of at least 4 members (excludes halogenated alkanes) is 2. The van der Waals surface area contributed by atoms with Crippen LogP contribution < -0.4 is 15.8 Å². The van der Waals surface area contributed by atoms with E-state index in [1.165, 1.54) is 12.8 Å². The van der Waals surface area contributed by atoms with Crippen LogP contribution in [0.25, 0.3) is 0 Å². The summed E-state index contributed by atoms with van der Waals surface area (Å²) in [6.45, 7) is 8.04. The molecule has 21 heavy (non-hydrogen) atoms. The number of methoxy groups -OCH3 is 1. The molecule has 0 fully saturated rings. The molecule has 3 N–H and O–H groups in total. The second-order valence-electron chi connectivity index (χ2n) is 5.28. The van der Waals surface area contributed by atoms with Crippen molar-refractivity contribution in [2.75, 3.05) is 37.9 Å². The van der Waals surface area contributed by atoms with Crippen molar-refractivity contribution < 1.29 is 9.47 Å². The average Bonchev–Trinajstić information content (AvgIpc) is 2.46. The lowest BCUT2D eigenvalue weighted by Crippen LogP contribution is -2.14. The van der Waals surface area contributed by atoms with Crippen LogP contribution in [0.2, 0.25) is 0 Å².